The molecule has 0 heterocycles. The number of aryl methyl sites for hydroxylation is 2. The second-order valence-electron chi connectivity index (χ2n) is 2.50. The standard InChI is InChI=1S/C8H8ClNO.C2H6/c1-5-3-6(2)8(10-11)7(9)4-5;1-2/h3-4H,1-2H3;1-2H3. The van der Waals surface area contributed by atoms with Gasteiger partial charge in [0.05, 0.1) is 5.02 Å². The zero-order valence-electron chi connectivity index (χ0n) is 8.39. The van der Waals surface area contributed by atoms with Crippen molar-refractivity contribution in [1.29, 1.82) is 0 Å². The SMILES string of the molecule is CC.Cc1cc(C)c(N=O)c(Cl)c1. The van der Waals surface area contributed by atoms with Gasteiger partial charge in [0.25, 0.3) is 0 Å². The predicted octanol–water partition coefficient (Wildman–Crippen LogP) is 4.38. The van der Waals surface area contributed by atoms with Crippen LogP contribution in [0.4, 0.5) is 5.69 Å². The van der Waals surface area contributed by atoms with Crippen molar-refractivity contribution < 1.29 is 0 Å². The molecule has 0 saturated carbocycles. The van der Waals surface area contributed by atoms with Gasteiger partial charge in [0.2, 0.25) is 0 Å². The average molecular weight is 200 g/mol. The summed E-state index contributed by atoms with van der Waals surface area (Å²) in [6, 6.07) is 3.61. The summed E-state index contributed by atoms with van der Waals surface area (Å²) in [5, 5.41) is 3.26. The minimum atomic E-state index is 0.345. The third-order valence-electron chi connectivity index (χ3n) is 1.49. The lowest BCUT2D eigenvalue weighted by atomic mass is 10.1. The Balaban J connectivity index is 0.000000671. The van der Waals surface area contributed by atoms with E-state index in [2.05, 4.69) is 5.18 Å². The van der Waals surface area contributed by atoms with Crippen LogP contribution in [-0.2, 0) is 0 Å². The Bertz CT molecular complexity index is 274. The minimum absolute atomic E-state index is 0.345. The van der Waals surface area contributed by atoms with E-state index in [0.717, 1.165) is 11.1 Å². The van der Waals surface area contributed by atoms with E-state index in [0.29, 0.717) is 10.7 Å². The van der Waals surface area contributed by atoms with Crippen molar-refractivity contribution in [2.24, 2.45) is 5.18 Å². The quantitative estimate of drug-likeness (QED) is 0.617. The molecular formula is C10H14ClNO. The fourth-order valence-corrected chi connectivity index (χ4v) is 1.38. The van der Waals surface area contributed by atoms with Crippen molar-refractivity contribution in [2.45, 2.75) is 27.7 Å². The van der Waals surface area contributed by atoms with E-state index < -0.39 is 0 Å². The number of benzene rings is 1. The molecule has 3 heteroatoms. The molecule has 0 spiro atoms. The Hall–Kier alpha value is -0.890. The topological polar surface area (TPSA) is 29.4 Å². The maximum atomic E-state index is 10.2. The molecule has 0 N–H and O–H groups in total. The summed E-state index contributed by atoms with van der Waals surface area (Å²) >= 11 is 5.74. The summed E-state index contributed by atoms with van der Waals surface area (Å²) in [5.74, 6) is 0. The van der Waals surface area contributed by atoms with Crippen molar-refractivity contribution in [1.82, 2.24) is 0 Å². The van der Waals surface area contributed by atoms with E-state index in [4.69, 9.17) is 11.6 Å². The number of halogens is 1. The molecule has 0 fully saturated rings. The molecule has 0 bridgehead atoms. The summed E-state index contributed by atoms with van der Waals surface area (Å²) in [5.41, 5.74) is 2.21. The molecule has 0 atom stereocenters. The van der Waals surface area contributed by atoms with Gasteiger partial charge in [-0.15, -0.1) is 4.91 Å². The molecule has 0 saturated heterocycles. The van der Waals surface area contributed by atoms with Crippen molar-refractivity contribution in [2.75, 3.05) is 0 Å². The second kappa shape index (κ2) is 5.70. The van der Waals surface area contributed by atoms with Gasteiger partial charge in [-0.25, -0.2) is 0 Å². The van der Waals surface area contributed by atoms with Crippen LogP contribution < -0.4 is 0 Å². The molecule has 0 aliphatic carbocycles. The highest BCUT2D eigenvalue weighted by Crippen LogP contribution is 2.29. The smallest absolute Gasteiger partial charge is 0.129 e. The first-order valence-electron chi connectivity index (χ1n) is 4.25. The molecule has 0 amide bonds. The van der Waals surface area contributed by atoms with Gasteiger partial charge in [0.1, 0.15) is 5.69 Å². The summed E-state index contributed by atoms with van der Waals surface area (Å²) in [6.45, 7) is 7.74. The van der Waals surface area contributed by atoms with Crippen molar-refractivity contribution in [3.63, 3.8) is 0 Å². The van der Waals surface area contributed by atoms with Crippen molar-refractivity contribution in [3.8, 4) is 0 Å². The summed E-state index contributed by atoms with van der Waals surface area (Å²) in [4.78, 5) is 10.2. The molecule has 0 radical (unpaired) electrons. The molecular weight excluding hydrogens is 186 g/mol. The molecule has 13 heavy (non-hydrogen) atoms. The zero-order valence-corrected chi connectivity index (χ0v) is 9.14. The highest BCUT2D eigenvalue weighted by Gasteiger charge is 2.03. The van der Waals surface area contributed by atoms with Crippen molar-refractivity contribution >= 4 is 17.3 Å². The van der Waals surface area contributed by atoms with E-state index in [1.807, 2.05) is 33.8 Å². The van der Waals surface area contributed by atoms with E-state index in [1.165, 1.54) is 0 Å². The molecule has 2 nitrogen and oxygen atoms in total. The lowest BCUT2D eigenvalue weighted by Gasteiger charge is -2.00. The summed E-state index contributed by atoms with van der Waals surface area (Å²) in [7, 11) is 0. The fraction of sp³-hybridized carbons (Fsp3) is 0.400. The van der Waals surface area contributed by atoms with Crippen LogP contribution in [0, 0.1) is 18.8 Å². The normalized spacial score (nSPS) is 8.69. The van der Waals surface area contributed by atoms with E-state index in [9.17, 15) is 4.91 Å². The highest BCUT2D eigenvalue weighted by molar-refractivity contribution is 6.33. The van der Waals surface area contributed by atoms with Crippen LogP contribution in [0.25, 0.3) is 0 Å². The predicted molar refractivity (Wildman–Crippen MR) is 57.7 cm³/mol. The lowest BCUT2D eigenvalue weighted by molar-refractivity contribution is 1.34. The molecule has 0 aliphatic heterocycles. The molecule has 1 rings (SSSR count). The molecule has 0 aliphatic rings. The van der Waals surface area contributed by atoms with Crippen molar-refractivity contribution in [3.05, 3.63) is 33.2 Å². The van der Waals surface area contributed by atoms with E-state index in [1.54, 1.807) is 6.07 Å². The lowest BCUT2D eigenvalue weighted by Crippen LogP contribution is -1.78. The second-order valence-corrected chi connectivity index (χ2v) is 2.91. The monoisotopic (exact) mass is 199 g/mol. The Morgan fingerprint density at radius 1 is 1.23 bits per heavy atom. The number of hydrogen-bond donors (Lipinski definition) is 0. The molecule has 0 unspecified atom stereocenters. The van der Waals surface area contributed by atoms with Crippen LogP contribution in [-0.4, -0.2) is 0 Å². The van der Waals surface area contributed by atoms with Gasteiger partial charge in [0, 0.05) is 0 Å². The Kier molecular flexibility index (Phi) is 5.31. The number of nitrogens with zero attached hydrogens (tertiary/aromatic N) is 1. The van der Waals surface area contributed by atoms with Gasteiger partial charge in [0.15, 0.2) is 0 Å². The highest BCUT2D eigenvalue weighted by atomic mass is 35.5. The minimum Gasteiger partial charge on any atom is -0.145 e. The molecule has 1 aromatic carbocycles. The van der Waals surface area contributed by atoms with Crippen LogP contribution in [0.15, 0.2) is 17.3 Å². The number of hydrogen-bond acceptors (Lipinski definition) is 2. The van der Waals surface area contributed by atoms with Crippen LogP contribution in [0.2, 0.25) is 5.02 Å². The molecule has 1 aromatic rings. The first-order chi connectivity index (χ1) is 6.15. The molecule has 72 valence electrons. The van der Waals surface area contributed by atoms with Gasteiger partial charge in [-0.05, 0) is 36.2 Å². The Morgan fingerprint density at radius 3 is 2.15 bits per heavy atom. The summed E-state index contributed by atoms with van der Waals surface area (Å²) < 4.78 is 0. The van der Waals surface area contributed by atoms with Gasteiger partial charge in [-0.1, -0.05) is 31.5 Å². The number of rotatable bonds is 1. The Labute approximate surface area is 83.9 Å². The maximum absolute atomic E-state index is 10.2. The maximum Gasteiger partial charge on any atom is 0.129 e. The van der Waals surface area contributed by atoms with E-state index >= 15 is 0 Å². The summed E-state index contributed by atoms with van der Waals surface area (Å²) in [6.07, 6.45) is 0. The third-order valence-corrected chi connectivity index (χ3v) is 1.78. The fourth-order valence-electron chi connectivity index (χ4n) is 1.02. The number of nitroso groups, excluding NO2 is 1. The zero-order chi connectivity index (χ0) is 10.4. The van der Waals surface area contributed by atoms with Gasteiger partial charge in [-0.3, -0.25) is 0 Å². The van der Waals surface area contributed by atoms with Gasteiger partial charge >= 0.3 is 0 Å². The van der Waals surface area contributed by atoms with Gasteiger partial charge < -0.3 is 0 Å². The third kappa shape index (κ3) is 3.15. The molecule has 0 aromatic heterocycles. The first kappa shape index (κ1) is 12.1. The first-order valence-corrected chi connectivity index (χ1v) is 4.63. The van der Waals surface area contributed by atoms with Crippen LogP contribution in [0.1, 0.15) is 25.0 Å². The van der Waals surface area contributed by atoms with Crippen LogP contribution in [0.5, 0.6) is 0 Å². The average Bonchev–Trinajstić information content (AvgIpc) is 2.07. The Morgan fingerprint density at radius 2 is 1.77 bits per heavy atom. The van der Waals surface area contributed by atoms with Gasteiger partial charge in [-0.2, -0.15) is 0 Å². The van der Waals surface area contributed by atoms with Crippen LogP contribution in [0.3, 0.4) is 0 Å². The van der Waals surface area contributed by atoms with E-state index in [-0.39, 0.29) is 0 Å². The van der Waals surface area contributed by atoms with Crippen LogP contribution >= 0.6 is 11.6 Å². The largest absolute Gasteiger partial charge is 0.145 e.